The number of nitrogens with zero attached hydrogens (tertiary/aromatic N) is 4. The fourth-order valence-corrected chi connectivity index (χ4v) is 3.83. The van der Waals surface area contributed by atoms with Gasteiger partial charge < -0.3 is 9.80 Å². The van der Waals surface area contributed by atoms with Crippen LogP contribution >= 0.6 is 22.6 Å². The summed E-state index contributed by atoms with van der Waals surface area (Å²) < 4.78 is 14.0. The average Bonchev–Trinajstić information content (AvgIpc) is 2.74. The van der Waals surface area contributed by atoms with Crippen LogP contribution in [0.5, 0.6) is 0 Å². The lowest BCUT2D eigenvalue weighted by atomic mass is 10.1. The van der Waals surface area contributed by atoms with E-state index in [1.165, 1.54) is 12.1 Å². The van der Waals surface area contributed by atoms with Gasteiger partial charge in [-0.15, -0.1) is 10.2 Å². The van der Waals surface area contributed by atoms with Gasteiger partial charge in [0, 0.05) is 35.3 Å². The summed E-state index contributed by atoms with van der Waals surface area (Å²) >= 11 is 2.20. The maximum absolute atomic E-state index is 13.1. The van der Waals surface area contributed by atoms with E-state index >= 15 is 0 Å². The van der Waals surface area contributed by atoms with E-state index in [0.29, 0.717) is 31.9 Å². The number of halogens is 2. The first kappa shape index (κ1) is 18.8. The van der Waals surface area contributed by atoms with Gasteiger partial charge in [0.05, 0.1) is 11.3 Å². The molecule has 1 aliphatic rings. The molecule has 0 N–H and O–H groups in total. The molecule has 1 amide bonds. The fraction of sp³-hybridized carbons (Fsp3) is 0.190. The summed E-state index contributed by atoms with van der Waals surface area (Å²) in [7, 11) is 0. The van der Waals surface area contributed by atoms with Crippen LogP contribution in [-0.2, 0) is 0 Å². The van der Waals surface area contributed by atoms with Crippen LogP contribution in [0.3, 0.4) is 0 Å². The largest absolute Gasteiger partial charge is 0.352 e. The quantitative estimate of drug-likeness (QED) is 0.526. The molecule has 0 aliphatic carbocycles. The van der Waals surface area contributed by atoms with Crippen molar-refractivity contribution in [1.29, 1.82) is 0 Å². The molecule has 0 bridgehead atoms. The minimum atomic E-state index is -0.272. The second kappa shape index (κ2) is 8.22. The van der Waals surface area contributed by atoms with E-state index < -0.39 is 0 Å². The zero-order valence-corrected chi connectivity index (χ0v) is 17.2. The zero-order valence-electron chi connectivity index (χ0n) is 15.1. The first-order valence-electron chi connectivity index (χ1n) is 9.00. The van der Waals surface area contributed by atoms with Crippen LogP contribution < -0.4 is 4.90 Å². The lowest BCUT2D eigenvalue weighted by Gasteiger charge is -2.35. The molecule has 4 rings (SSSR count). The smallest absolute Gasteiger partial charge is 0.255 e. The Labute approximate surface area is 176 Å². The van der Waals surface area contributed by atoms with Crippen LogP contribution in [0, 0.1) is 9.39 Å². The van der Waals surface area contributed by atoms with Crippen LogP contribution in [0.15, 0.2) is 60.7 Å². The maximum Gasteiger partial charge on any atom is 0.255 e. The Morgan fingerprint density at radius 3 is 2.25 bits per heavy atom. The highest BCUT2D eigenvalue weighted by Gasteiger charge is 2.24. The zero-order chi connectivity index (χ0) is 19.5. The highest BCUT2D eigenvalue weighted by atomic mass is 127. The Morgan fingerprint density at radius 2 is 1.61 bits per heavy atom. The van der Waals surface area contributed by atoms with E-state index in [-0.39, 0.29) is 11.7 Å². The normalized spacial score (nSPS) is 14.2. The van der Waals surface area contributed by atoms with Gasteiger partial charge in [-0.2, -0.15) is 0 Å². The number of hydrogen-bond donors (Lipinski definition) is 0. The number of benzene rings is 2. The van der Waals surface area contributed by atoms with Gasteiger partial charge in [-0.25, -0.2) is 4.39 Å². The van der Waals surface area contributed by atoms with Crippen molar-refractivity contribution in [3.8, 4) is 11.3 Å². The van der Waals surface area contributed by atoms with Crippen molar-refractivity contribution in [2.24, 2.45) is 0 Å². The molecule has 0 radical (unpaired) electrons. The Hall–Kier alpha value is -2.55. The van der Waals surface area contributed by atoms with Crippen LogP contribution in [0.4, 0.5) is 10.2 Å². The predicted molar refractivity (Wildman–Crippen MR) is 115 cm³/mol. The third kappa shape index (κ3) is 3.99. The molecule has 2 aromatic carbocycles. The standard InChI is InChI=1S/C21H18FIN4O/c22-16-7-5-15(6-8-16)19-9-10-20(25-24-19)26-11-13-27(14-12-26)21(28)17-3-1-2-4-18(17)23/h1-10H,11-14H2. The molecule has 7 heteroatoms. The minimum Gasteiger partial charge on any atom is -0.352 e. The molecular formula is C21H18FIN4O. The molecule has 0 unspecified atom stereocenters. The number of rotatable bonds is 3. The van der Waals surface area contributed by atoms with Gasteiger partial charge in [0.15, 0.2) is 5.82 Å². The average molecular weight is 488 g/mol. The number of aromatic nitrogens is 2. The summed E-state index contributed by atoms with van der Waals surface area (Å²) in [6, 6.07) is 17.7. The molecule has 1 aliphatic heterocycles. The molecule has 3 aromatic rings. The summed E-state index contributed by atoms with van der Waals surface area (Å²) in [5.41, 5.74) is 2.28. The van der Waals surface area contributed by atoms with Crippen molar-refractivity contribution >= 4 is 34.3 Å². The van der Waals surface area contributed by atoms with Crippen molar-refractivity contribution in [3.05, 3.63) is 75.6 Å². The van der Waals surface area contributed by atoms with Gasteiger partial charge in [0.25, 0.3) is 5.91 Å². The number of carbonyl (C=O) groups excluding carboxylic acids is 1. The van der Waals surface area contributed by atoms with E-state index in [2.05, 4.69) is 37.7 Å². The predicted octanol–water partition coefficient (Wildman–Crippen LogP) is 3.85. The third-order valence-electron chi connectivity index (χ3n) is 4.79. The molecule has 142 valence electrons. The Bertz CT molecular complexity index is 970. The molecule has 5 nitrogen and oxygen atoms in total. The lowest BCUT2D eigenvalue weighted by molar-refractivity contribution is 0.0745. The van der Waals surface area contributed by atoms with Gasteiger partial charge in [-0.3, -0.25) is 4.79 Å². The maximum atomic E-state index is 13.1. The summed E-state index contributed by atoms with van der Waals surface area (Å²) in [5, 5.41) is 8.59. The third-order valence-corrected chi connectivity index (χ3v) is 5.73. The Balaban J connectivity index is 1.40. The summed E-state index contributed by atoms with van der Waals surface area (Å²) in [6.07, 6.45) is 0. The molecular weight excluding hydrogens is 470 g/mol. The van der Waals surface area contributed by atoms with E-state index in [1.807, 2.05) is 41.3 Å². The topological polar surface area (TPSA) is 49.3 Å². The number of anilines is 1. The van der Waals surface area contributed by atoms with Gasteiger partial charge in [0.2, 0.25) is 0 Å². The Kier molecular flexibility index (Phi) is 5.52. The number of hydrogen-bond acceptors (Lipinski definition) is 4. The van der Waals surface area contributed by atoms with Crippen molar-refractivity contribution < 1.29 is 9.18 Å². The molecule has 2 heterocycles. The monoisotopic (exact) mass is 488 g/mol. The number of piperazine rings is 1. The number of carbonyl (C=O) groups is 1. The Morgan fingerprint density at radius 1 is 0.893 bits per heavy atom. The van der Waals surface area contributed by atoms with E-state index in [0.717, 1.165) is 20.5 Å². The second-order valence-electron chi connectivity index (χ2n) is 6.54. The van der Waals surface area contributed by atoms with E-state index in [9.17, 15) is 9.18 Å². The van der Waals surface area contributed by atoms with Crippen LogP contribution in [0.2, 0.25) is 0 Å². The van der Waals surface area contributed by atoms with Crippen LogP contribution in [0.1, 0.15) is 10.4 Å². The highest BCUT2D eigenvalue weighted by Crippen LogP contribution is 2.21. The summed E-state index contributed by atoms with van der Waals surface area (Å²) in [5.74, 6) is 0.584. The van der Waals surface area contributed by atoms with E-state index in [4.69, 9.17) is 0 Å². The first-order valence-corrected chi connectivity index (χ1v) is 10.1. The van der Waals surface area contributed by atoms with Gasteiger partial charge in [0.1, 0.15) is 5.82 Å². The molecule has 0 saturated carbocycles. The summed E-state index contributed by atoms with van der Waals surface area (Å²) in [6.45, 7) is 2.70. The minimum absolute atomic E-state index is 0.0717. The first-order chi connectivity index (χ1) is 13.6. The molecule has 1 aromatic heterocycles. The van der Waals surface area contributed by atoms with Crippen molar-refractivity contribution in [2.45, 2.75) is 0 Å². The van der Waals surface area contributed by atoms with Gasteiger partial charge in [-0.05, 0) is 71.1 Å². The molecule has 0 spiro atoms. The number of amides is 1. The lowest BCUT2D eigenvalue weighted by Crippen LogP contribution is -2.49. The van der Waals surface area contributed by atoms with Crippen molar-refractivity contribution in [3.63, 3.8) is 0 Å². The van der Waals surface area contributed by atoms with Crippen LogP contribution in [0.25, 0.3) is 11.3 Å². The van der Waals surface area contributed by atoms with E-state index in [1.54, 1.807) is 12.1 Å². The fourth-order valence-electron chi connectivity index (χ4n) is 3.21. The molecule has 1 fully saturated rings. The van der Waals surface area contributed by atoms with Crippen molar-refractivity contribution in [1.82, 2.24) is 15.1 Å². The second-order valence-corrected chi connectivity index (χ2v) is 7.70. The van der Waals surface area contributed by atoms with Gasteiger partial charge in [-0.1, -0.05) is 12.1 Å². The molecule has 1 saturated heterocycles. The highest BCUT2D eigenvalue weighted by molar-refractivity contribution is 14.1. The molecule has 0 atom stereocenters. The summed E-state index contributed by atoms with van der Waals surface area (Å²) in [4.78, 5) is 16.7. The molecule has 28 heavy (non-hydrogen) atoms. The van der Waals surface area contributed by atoms with Gasteiger partial charge >= 0.3 is 0 Å². The van der Waals surface area contributed by atoms with Crippen molar-refractivity contribution in [2.75, 3.05) is 31.1 Å². The van der Waals surface area contributed by atoms with Crippen LogP contribution in [-0.4, -0.2) is 47.2 Å². The SMILES string of the molecule is O=C(c1ccccc1I)N1CCN(c2ccc(-c3ccc(F)cc3)nn2)CC1.